The maximum atomic E-state index is 12.7. The number of fused-ring (bicyclic) bond motifs is 2. The third-order valence-corrected chi connectivity index (χ3v) is 5.89. The van der Waals surface area contributed by atoms with Crippen LogP contribution in [-0.2, 0) is 21.2 Å². The van der Waals surface area contributed by atoms with E-state index in [2.05, 4.69) is 4.72 Å². The summed E-state index contributed by atoms with van der Waals surface area (Å²) in [7, 11) is -3.81. The van der Waals surface area contributed by atoms with Crippen LogP contribution < -0.4 is 15.2 Å². The molecule has 3 aromatic rings. The number of nitrogens with one attached hydrogen (secondary N) is 1. The Morgan fingerprint density at radius 3 is 2.70 bits per heavy atom. The van der Waals surface area contributed by atoms with Gasteiger partial charge in [-0.15, -0.1) is 0 Å². The number of rotatable bonds is 3. The highest BCUT2D eigenvalue weighted by Gasteiger charge is 2.23. The first-order valence-electron chi connectivity index (χ1n) is 8.31. The molecule has 2 heterocycles. The van der Waals surface area contributed by atoms with Gasteiger partial charge < -0.3 is 9.32 Å². The van der Waals surface area contributed by atoms with E-state index in [9.17, 15) is 18.0 Å². The second kappa shape index (κ2) is 6.24. The number of hydrogen-bond acceptors (Lipinski definition) is 5. The number of carbonyl (C=O) groups is 1. The van der Waals surface area contributed by atoms with Crippen LogP contribution in [0.1, 0.15) is 12.5 Å². The molecule has 0 saturated heterocycles. The number of nitrogens with zero attached hydrogens (tertiary/aromatic N) is 1. The highest BCUT2D eigenvalue weighted by atomic mass is 32.2. The maximum Gasteiger partial charge on any atom is 0.336 e. The van der Waals surface area contributed by atoms with Crippen molar-refractivity contribution in [2.24, 2.45) is 0 Å². The molecule has 1 N–H and O–H groups in total. The molecule has 0 spiro atoms. The SMILES string of the molecule is CC(=O)N1CCc2cc(NS(=O)(=O)c3ccc4oc(=O)ccc4c3)ccc21. The Kier molecular flexibility index (Phi) is 4.00. The van der Waals surface area contributed by atoms with Gasteiger partial charge >= 0.3 is 5.63 Å². The molecule has 0 unspecified atom stereocenters. The van der Waals surface area contributed by atoms with Crippen LogP contribution in [0.3, 0.4) is 0 Å². The van der Waals surface area contributed by atoms with E-state index >= 15 is 0 Å². The number of amides is 1. The van der Waals surface area contributed by atoms with Crippen LogP contribution in [0, 0.1) is 0 Å². The van der Waals surface area contributed by atoms with Gasteiger partial charge in [0.2, 0.25) is 5.91 Å². The van der Waals surface area contributed by atoms with Crippen LogP contribution in [0.25, 0.3) is 11.0 Å². The molecule has 1 amide bonds. The van der Waals surface area contributed by atoms with Crippen molar-refractivity contribution in [1.82, 2.24) is 0 Å². The smallest absolute Gasteiger partial charge is 0.336 e. The van der Waals surface area contributed by atoms with Crippen molar-refractivity contribution in [3.63, 3.8) is 0 Å². The summed E-state index contributed by atoms with van der Waals surface area (Å²) >= 11 is 0. The molecule has 0 bridgehead atoms. The van der Waals surface area contributed by atoms with Gasteiger partial charge in [0.15, 0.2) is 0 Å². The van der Waals surface area contributed by atoms with Crippen LogP contribution in [0.5, 0.6) is 0 Å². The second-order valence-corrected chi connectivity index (χ2v) is 8.01. The third kappa shape index (κ3) is 3.19. The fourth-order valence-electron chi connectivity index (χ4n) is 3.22. The Morgan fingerprint density at radius 2 is 1.93 bits per heavy atom. The average Bonchev–Trinajstić information content (AvgIpc) is 3.04. The van der Waals surface area contributed by atoms with Crippen molar-refractivity contribution < 1.29 is 17.6 Å². The van der Waals surface area contributed by atoms with Gasteiger partial charge in [-0.25, -0.2) is 13.2 Å². The minimum atomic E-state index is -3.81. The minimum Gasteiger partial charge on any atom is -0.423 e. The molecule has 138 valence electrons. The van der Waals surface area contributed by atoms with Crippen molar-refractivity contribution in [1.29, 1.82) is 0 Å². The average molecular weight is 384 g/mol. The first-order chi connectivity index (χ1) is 12.8. The van der Waals surface area contributed by atoms with Gasteiger partial charge in [0.25, 0.3) is 10.0 Å². The number of benzene rings is 2. The number of carbonyl (C=O) groups excluding carboxylic acids is 1. The van der Waals surface area contributed by atoms with E-state index in [1.807, 2.05) is 0 Å². The molecule has 0 fully saturated rings. The predicted octanol–water partition coefficient (Wildman–Crippen LogP) is 2.50. The Balaban J connectivity index is 1.65. The zero-order valence-electron chi connectivity index (χ0n) is 14.4. The highest BCUT2D eigenvalue weighted by Crippen LogP contribution is 2.31. The first kappa shape index (κ1) is 17.3. The lowest BCUT2D eigenvalue weighted by atomic mass is 10.1. The standard InChI is InChI=1S/C19H16N2O5S/c1-12(22)21-9-8-13-10-15(3-5-17(13)21)20-27(24,25)16-4-6-18-14(11-16)2-7-19(23)26-18/h2-7,10-11,20H,8-9H2,1H3. The van der Waals surface area contributed by atoms with E-state index in [0.717, 1.165) is 11.3 Å². The molecule has 8 heteroatoms. The van der Waals surface area contributed by atoms with Crippen molar-refractivity contribution >= 4 is 38.3 Å². The zero-order valence-corrected chi connectivity index (χ0v) is 15.2. The molecule has 27 heavy (non-hydrogen) atoms. The molecular formula is C19H16N2O5S. The van der Waals surface area contributed by atoms with Gasteiger partial charge in [-0.05, 0) is 54.4 Å². The van der Waals surface area contributed by atoms with E-state index < -0.39 is 15.6 Å². The summed E-state index contributed by atoms with van der Waals surface area (Å²) in [5.74, 6) is -0.0371. The van der Waals surface area contributed by atoms with Crippen molar-refractivity contribution in [3.05, 3.63) is 64.5 Å². The molecule has 0 radical (unpaired) electrons. The fraction of sp³-hybridized carbons (Fsp3) is 0.158. The molecule has 7 nitrogen and oxygen atoms in total. The van der Waals surface area contributed by atoms with Gasteiger partial charge in [0.05, 0.1) is 4.90 Å². The number of anilines is 2. The van der Waals surface area contributed by atoms with E-state index in [0.29, 0.717) is 29.6 Å². The monoisotopic (exact) mass is 384 g/mol. The highest BCUT2D eigenvalue weighted by molar-refractivity contribution is 7.92. The van der Waals surface area contributed by atoms with Crippen LogP contribution in [0.15, 0.2) is 62.6 Å². The van der Waals surface area contributed by atoms with Crippen LogP contribution in [0.2, 0.25) is 0 Å². The van der Waals surface area contributed by atoms with Gasteiger partial charge in [0.1, 0.15) is 5.58 Å². The lowest BCUT2D eigenvalue weighted by molar-refractivity contribution is -0.116. The van der Waals surface area contributed by atoms with Crippen molar-refractivity contribution in [2.45, 2.75) is 18.2 Å². The molecule has 2 aromatic carbocycles. The first-order valence-corrected chi connectivity index (χ1v) is 9.79. The normalized spacial score (nSPS) is 13.6. The van der Waals surface area contributed by atoms with Crippen molar-refractivity contribution in [2.75, 3.05) is 16.2 Å². The Morgan fingerprint density at radius 1 is 1.11 bits per heavy atom. The lowest BCUT2D eigenvalue weighted by Gasteiger charge is -2.15. The summed E-state index contributed by atoms with van der Waals surface area (Å²) in [4.78, 5) is 24.6. The predicted molar refractivity (Wildman–Crippen MR) is 101 cm³/mol. The van der Waals surface area contributed by atoms with E-state index in [-0.39, 0.29) is 10.8 Å². The Labute approximate surface area is 155 Å². The summed E-state index contributed by atoms with van der Waals surface area (Å²) in [5.41, 5.74) is 1.99. The second-order valence-electron chi connectivity index (χ2n) is 6.32. The third-order valence-electron chi connectivity index (χ3n) is 4.51. The summed E-state index contributed by atoms with van der Waals surface area (Å²) < 4.78 is 33.0. The van der Waals surface area contributed by atoms with Gasteiger partial charge in [-0.1, -0.05) is 0 Å². The fourth-order valence-corrected chi connectivity index (χ4v) is 4.31. The quantitative estimate of drug-likeness (QED) is 0.700. The lowest BCUT2D eigenvalue weighted by Crippen LogP contribution is -2.25. The van der Waals surface area contributed by atoms with Crippen molar-refractivity contribution in [3.8, 4) is 0 Å². The van der Waals surface area contributed by atoms with E-state index in [1.165, 1.54) is 37.3 Å². The molecule has 1 aliphatic heterocycles. The van der Waals surface area contributed by atoms with Crippen LogP contribution in [-0.4, -0.2) is 20.9 Å². The molecular weight excluding hydrogens is 368 g/mol. The summed E-state index contributed by atoms with van der Waals surface area (Å²) in [6.07, 6.45) is 0.680. The minimum absolute atomic E-state index is 0.0371. The van der Waals surface area contributed by atoms with E-state index in [4.69, 9.17) is 4.42 Å². The van der Waals surface area contributed by atoms with Gasteiger partial charge in [0, 0.05) is 36.3 Å². The summed E-state index contributed by atoms with van der Waals surface area (Å²) in [6, 6.07) is 12.2. The zero-order chi connectivity index (χ0) is 19.2. The largest absolute Gasteiger partial charge is 0.423 e. The number of hydrogen-bond donors (Lipinski definition) is 1. The molecule has 0 atom stereocenters. The molecule has 1 aliphatic rings. The Hall–Kier alpha value is -3.13. The number of sulfonamides is 1. The molecule has 0 aliphatic carbocycles. The maximum absolute atomic E-state index is 12.7. The summed E-state index contributed by atoms with van der Waals surface area (Å²) in [5, 5.41) is 0.517. The van der Waals surface area contributed by atoms with Crippen LogP contribution in [0.4, 0.5) is 11.4 Å². The summed E-state index contributed by atoms with van der Waals surface area (Å²) in [6.45, 7) is 2.10. The Bertz CT molecular complexity index is 1230. The van der Waals surface area contributed by atoms with Gasteiger partial charge in [-0.2, -0.15) is 0 Å². The molecule has 1 aromatic heterocycles. The molecule has 0 saturated carbocycles. The van der Waals surface area contributed by atoms with Crippen LogP contribution >= 0.6 is 0 Å². The van der Waals surface area contributed by atoms with E-state index in [1.54, 1.807) is 23.1 Å². The topological polar surface area (TPSA) is 96.7 Å². The van der Waals surface area contributed by atoms with Gasteiger partial charge in [-0.3, -0.25) is 9.52 Å². The molecule has 4 rings (SSSR count).